The summed E-state index contributed by atoms with van der Waals surface area (Å²) in [7, 11) is -3.62. The van der Waals surface area contributed by atoms with Crippen molar-refractivity contribution < 1.29 is 18.0 Å². The Hall–Kier alpha value is -2.71. The van der Waals surface area contributed by atoms with Gasteiger partial charge in [-0.05, 0) is 60.6 Å². The second-order valence-electron chi connectivity index (χ2n) is 9.03. The van der Waals surface area contributed by atoms with E-state index in [4.69, 9.17) is 0 Å². The Morgan fingerprint density at radius 3 is 2.27 bits per heavy atom. The lowest BCUT2D eigenvalue weighted by Gasteiger charge is -2.28. The highest BCUT2D eigenvalue weighted by Crippen LogP contribution is 2.33. The summed E-state index contributed by atoms with van der Waals surface area (Å²) in [5.74, 6) is -0.0330. The van der Waals surface area contributed by atoms with Crippen LogP contribution in [0.3, 0.4) is 0 Å². The third kappa shape index (κ3) is 4.29. The van der Waals surface area contributed by atoms with Crippen molar-refractivity contribution >= 4 is 27.5 Å². The Morgan fingerprint density at radius 2 is 1.48 bits per heavy atom. The zero-order valence-electron chi connectivity index (χ0n) is 18.7. The number of fused-ring (bicyclic) bond motifs is 2. The van der Waals surface area contributed by atoms with Crippen LogP contribution in [0.25, 0.3) is 0 Å². The summed E-state index contributed by atoms with van der Waals surface area (Å²) in [6.07, 6.45) is 3.81. The summed E-state index contributed by atoms with van der Waals surface area (Å²) < 4.78 is 28.2. The fourth-order valence-corrected chi connectivity index (χ4v) is 6.57. The Morgan fingerprint density at radius 1 is 0.788 bits per heavy atom. The Balaban J connectivity index is 1.27. The van der Waals surface area contributed by atoms with Gasteiger partial charge in [0.15, 0.2) is 0 Å². The molecule has 7 nitrogen and oxygen atoms in total. The number of hydrogen-bond donors (Lipinski definition) is 0. The SMILES string of the molecule is O=C(CCC(=O)N1CCc2cc(S(=O)(=O)N3CCc4ccccc4C3)ccc21)N1CCCC1. The van der Waals surface area contributed by atoms with E-state index in [0.717, 1.165) is 42.7 Å². The van der Waals surface area contributed by atoms with Gasteiger partial charge in [0.05, 0.1) is 4.90 Å². The Bertz CT molecular complexity index is 1190. The third-order valence-electron chi connectivity index (χ3n) is 6.99. The molecule has 0 aromatic heterocycles. The molecular weight excluding hydrogens is 438 g/mol. The predicted octanol–water partition coefficient (Wildman–Crippen LogP) is 2.73. The lowest BCUT2D eigenvalue weighted by atomic mass is 10.0. The molecule has 5 rings (SSSR count). The molecule has 2 aromatic carbocycles. The molecular formula is C25H29N3O4S. The summed E-state index contributed by atoms with van der Waals surface area (Å²) >= 11 is 0. The minimum Gasteiger partial charge on any atom is -0.343 e. The van der Waals surface area contributed by atoms with Gasteiger partial charge < -0.3 is 9.80 Å². The van der Waals surface area contributed by atoms with Gasteiger partial charge in [0.25, 0.3) is 0 Å². The zero-order chi connectivity index (χ0) is 23.0. The van der Waals surface area contributed by atoms with E-state index < -0.39 is 10.0 Å². The normalized spacial score (nSPS) is 18.3. The van der Waals surface area contributed by atoms with Crippen molar-refractivity contribution in [2.75, 3.05) is 31.1 Å². The van der Waals surface area contributed by atoms with Crippen LogP contribution in [0.4, 0.5) is 5.69 Å². The van der Waals surface area contributed by atoms with Gasteiger partial charge in [0.1, 0.15) is 0 Å². The second kappa shape index (κ2) is 8.91. The summed E-state index contributed by atoms with van der Waals surface area (Å²) in [6, 6.07) is 13.0. The molecule has 2 aromatic rings. The molecule has 3 aliphatic heterocycles. The number of benzene rings is 2. The van der Waals surface area contributed by atoms with Gasteiger partial charge >= 0.3 is 0 Å². The van der Waals surface area contributed by atoms with Crippen LogP contribution in [-0.4, -0.2) is 55.6 Å². The first-order valence-electron chi connectivity index (χ1n) is 11.7. The Kier molecular flexibility index (Phi) is 5.97. The van der Waals surface area contributed by atoms with Crippen molar-refractivity contribution in [3.05, 3.63) is 59.2 Å². The van der Waals surface area contributed by atoms with E-state index in [-0.39, 0.29) is 29.6 Å². The van der Waals surface area contributed by atoms with Crippen molar-refractivity contribution in [2.24, 2.45) is 0 Å². The second-order valence-corrected chi connectivity index (χ2v) is 11.0. The average Bonchev–Trinajstić information content (AvgIpc) is 3.52. The summed E-state index contributed by atoms with van der Waals surface area (Å²) in [5.41, 5.74) is 3.88. The van der Waals surface area contributed by atoms with Crippen molar-refractivity contribution in [1.82, 2.24) is 9.21 Å². The van der Waals surface area contributed by atoms with Crippen LogP contribution in [0.2, 0.25) is 0 Å². The quantitative estimate of drug-likeness (QED) is 0.678. The minimum atomic E-state index is -3.62. The smallest absolute Gasteiger partial charge is 0.243 e. The number of hydrogen-bond acceptors (Lipinski definition) is 4. The van der Waals surface area contributed by atoms with Crippen LogP contribution in [0.1, 0.15) is 42.4 Å². The topological polar surface area (TPSA) is 78.0 Å². The van der Waals surface area contributed by atoms with Gasteiger partial charge in [-0.15, -0.1) is 0 Å². The van der Waals surface area contributed by atoms with Crippen molar-refractivity contribution in [1.29, 1.82) is 0 Å². The number of carbonyl (C=O) groups is 2. The first-order valence-corrected chi connectivity index (χ1v) is 13.2. The van der Waals surface area contributed by atoms with Gasteiger partial charge in [-0.25, -0.2) is 8.42 Å². The number of sulfonamides is 1. The number of carbonyl (C=O) groups excluding carboxylic acids is 2. The maximum absolute atomic E-state index is 13.3. The van der Waals surface area contributed by atoms with E-state index in [1.165, 1.54) is 5.56 Å². The largest absolute Gasteiger partial charge is 0.343 e. The summed E-state index contributed by atoms with van der Waals surface area (Å²) in [4.78, 5) is 28.9. The van der Waals surface area contributed by atoms with Crippen LogP contribution in [-0.2, 0) is 39.0 Å². The van der Waals surface area contributed by atoms with Crippen LogP contribution in [0, 0.1) is 0 Å². The molecule has 33 heavy (non-hydrogen) atoms. The summed E-state index contributed by atoms with van der Waals surface area (Å²) in [6.45, 7) is 2.95. The molecule has 0 radical (unpaired) electrons. The van der Waals surface area contributed by atoms with Crippen LogP contribution >= 0.6 is 0 Å². The van der Waals surface area contributed by atoms with Crippen molar-refractivity contribution in [2.45, 2.75) is 50.0 Å². The molecule has 2 amide bonds. The number of amides is 2. The molecule has 0 bridgehead atoms. The van der Waals surface area contributed by atoms with Crippen molar-refractivity contribution in [3.63, 3.8) is 0 Å². The van der Waals surface area contributed by atoms with Crippen LogP contribution in [0.5, 0.6) is 0 Å². The van der Waals surface area contributed by atoms with E-state index in [0.29, 0.717) is 32.5 Å². The van der Waals surface area contributed by atoms with Gasteiger partial charge in [-0.2, -0.15) is 4.31 Å². The molecule has 3 aliphatic rings. The minimum absolute atomic E-state index is 0.0461. The molecule has 0 saturated carbocycles. The van der Waals surface area contributed by atoms with Crippen molar-refractivity contribution in [3.8, 4) is 0 Å². The third-order valence-corrected chi connectivity index (χ3v) is 8.83. The monoisotopic (exact) mass is 467 g/mol. The first kappa shape index (κ1) is 22.1. The van der Waals surface area contributed by atoms with E-state index in [1.807, 2.05) is 23.1 Å². The average molecular weight is 468 g/mol. The Labute approximate surface area is 195 Å². The van der Waals surface area contributed by atoms with E-state index >= 15 is 0 Å². The fraction of sp³-hybridized carbons (Fsp3) is 0.440. The highest BCUT2D eigenvalue weighted by molar-refractivity contribution is 7.89. The van der Waals surface area contributed by atoms with Gasteiger partial charge in [0.2, 0.25) is 21.8 Å². The highest BCUT2D eigenvalue weighted by Gasteiger charge is 2.31. The fourth-order valence-electron chi connectivity index (χ4n) is 5.10. The van der Waals surface area contributed by atoms with Gasteiger partial charge in [0, 0.05) is 51.3 Å². The molecule has 1 saturated heterocycles. The first-order chi connectivity index (χ1) is 15.9. The van der Waals surface area contributed by atoms with Crippen LogP contribution < -0.4 is 4.90 Å². The van der Waals surface area contributed by atoms with E-state index in [9.17, 15) is 18.0 Å². The van der Waals surface area contributed by atoms with Gasteiger partial charge in [-0.1, -0.05) is 24.3 Å². The van der Waals surface area contributed by atoms with Gasteiger partial charge in [-0.3, -0.25) is 9.59 Å². The lowest BCUT2D eigenvalue weighted by Crippen LogP contribution is -2.36. The molecule has 3 heterocycles. The molecule has 1 fully saturated rings. The molecule has 174 valence electrons. The maximum Gasteiger partial charge on any atom is 0.243 e. The molecule has 0 unspecified atom stereocenters. The number of anilines is 1. The van der Waals surface area contributed by atoms with E-state index in [2.05, 4.69) is 6.07 Å². The van der Waals surface area contributed by atoms with E-state index in [1.54, 1.807) is 27.4 Å². The van der Waals surface area contributed by atoms with Crippen LogP contribution in [0.15, 0.2) is 47.4 Å². The predicted molar refractivity (Wildman–Crippen MR) is 125 cm³/mol. The molecule has 8 heteroatoms. The molecule has 0 atom stereocenters. The highest BCUT2D eigenvalue weighted by atomic mass is 32.2. The summed E-state index contributed by atoms with van der Waals surface area (Å²) in [5, 5.41) is 0. The number of rotatable bonds is 5. The zero-order valence-corrected chi connectivity index (χ0v) is 19.5. The standard InChI is InChI=1S/C25H29N3O4S/c29-24(26-13-3-4-14-26)9-10-25(30)28-16-12-20-17-22(7-8-23(20)28)33(31,32)27-15-11-19-5-1-2-6-21(19)18-27/h1-2,5-8,17H,3-4,9-16,18H2. The lowest BCUT2D eigenvalue weighted by molar-refractivity contribution is -0.132. The molecule has 0 N–H and O–H groups in total. The number of nitrogens with zero attached hydrogens (tertiary/aromatic N) is 3. The number of likely N-dealkylation sites (tertiary alicyclic amines) is 1. The maximum atomic E-state index is 13.3. The molecule has 0 spiro atoms. The molecule has 0 aliphatic carbocycles.